The van der Waals surface area contributed by atoms with Crippen LogP contribution in [0.2, 0.25) is 0 Å². The first-order chi connectivity index (χ1) is 9.56. The molecule has 1 unspecified atom stereocenters. The molecule has 110 valence electrons. The molecule has 5 nitrogen and oxygen atoms in total. The molecule has 0 aliphatic carbocycles. The Labute approximate surface area is 119 Å². The maximum atomic E-state index is 11.8. The first kappa shape index (κ1) is 14.8. The Balaban J connectivity index is 2.21. The zero-order chi connectivity index (χ0) is 14.6. The van der Waals surface area contributed by atoms with Crippen molar-refractivity contribution in [2.24, 2.45) is 0 Å². The molecule has 1 N–H and O–H groups in total. The van der Waals surface area contributed by atoms with Crippen molar-refractivity contribution < 1.29 is 19.4 Å². The van der Waals surface area contributed by atoms with E-state index in [0.717, 1.165) is 11.3 Å². The van der Waals surface area contributed by atoms with E-state index in [0.29, 0.717) is 32.7 Å². The fourth-order valence-electron chi connectivity index (χ4n) is 2.56. The summed E-state index contributed by atoms with van der Waals surface area (Å²) in [7, 11) is 1.61. The zero-order valence-electron chi connectivity index (χ0n) is 12.0. The van der Waals surface area contributed by atoms with E-state index in [1.165, 1.54) is 0 Å². The van der Waals surface area contributed by atoms with E-state index in [4.69, 9.17) is 9.47 Å². The fourth-order valence-corrected chi connectivity index (χ4v) is 2.56. The predicted molar refractivity (Wildman–Crippen MR) is 75.1 cm³/mol. The lowest BCUT2D eigenvalue weighted by Crippen LogP contribution is -2.57. The Bertz CT molecular complexity index is 471. The Morgan fingerprint density at radius 3 is 2.75 bits per heavy atom. The molecule has 0 radical (unpaired) electrons. The van der Waals surface area contributed by atoms with Crippen molar-refractivity contribution >= 4 is 5.97 Å². The first-order valence-electron chi connectivity index (χ1n) is 6.75. The lowest BCUT2D eigenvalue weighted by atomic mass is 9.90. The molecule has 1 aromatic carbocycles. The largest absolute Gasteiger partial charge is 0.497 e. The van der Waals surface area contributed by atoms with Gasteiger partial charge in [-0.25, -0.2) is 0 Å². The Kier molecular flexibility index (Phi) is 4.62. The molecule has 1 atom stereocenters. The third-order valence-corrected chi connectivity index (χ3v) is 3.85. The summed E-state index contributed by atoms with van der Waals surface area (Å²) < 4.78 is 10.5. The molecule has 1 saturated heterocycles. The molecule has 1 heterocycles. The van der Waals surface area contributed by atoms with Crippen LogP contribution in [0.15, 0.2) is 24.3 Å². The van der Waals surface area contributed by atoms with Crippen molar-refractivity contribution in [2.45, 2.75) is 18.9 Å². The normalized spacial score (nSPS) is 19.3. The Morgan fingerprint density at radius 1 is 1.45 bits per heavy atom. The smallest absolute Gasteiger partial charge is 0.324 e. The summed E-state index contributed by atoms with van der Waals surface area (Å²) in [5.41, 5.74) is 0.0385. The van der Waals surface area contributed by atoms with Gasteiger partial charge in [0.1, 0.15) is 11.3 Å². The third-order valence-electron chi connectivity index (χ3n) is 3.85. The molecular weight excluding hydrogens is 258 g/mol. The van der Waals surface area contributed by atoms with E-state index in [9.17, 15) is 9.90 Å². The van der Waals surface area contributed by atoms with E-state index in [1.54, 1.807) is 14.0 Å². The van der Waals surface area contributed by atoms with Gasteiger partial charge in [0.25, 0.3) is 0 Å². The van der Waals surface area contributed by atoms with Crippen LogP contribution in [0.25, 0.3) is 0 Å². The number of hydrogen-bond acceptors (Lipinski definition) is 4. The second-order valence-corrected chi connectivity index (χ2v) is 5.21. The van der Waals surface area contributed by atoms with Crippen molar-refractivity contribution in [1.29, 1.82) is 0 Å². The van der Waals surface area contributed by atoms with Gasteiger partial charge in [-0.15, -0.1) is 0 Å². The van der Waals surface area contributed by atoms with Crippen LogP contribution in [-0.2, 0) is 16.0 Å². The van der Waals surface area contributed by atoms with Crippen molar-refractivity contribution in [3.63, 3.8) is 0 Å². The predicted octanol–water partition coefficient (Wildman–Crippen LogP) is 1.41. The van der Waals surface area contributed by atoms with Crippen LogP contribution in [-0.4, -0.2) is 54.9 Å². The standard InChI is InChI=1S/C15H21NO4/c1-15(14(17)18,16-6-8-20-9-7-16)11-12-4-3-5-13(10-12)19-2/h3-5,10H,6-9,11H2,1-2H3,(H,17,18). The number of nitrogens with zero attached hydrogens (tertiary/aromatic N) is 1. The molecule has 0 aromatic heterocycles. The van der Waals surface area contributed by atoms with Gasteiger partial charge in [0.05, 0.1) is 20.3 Å². The average molecular weight is 279 g/mol. The van der Waals surface area contributed by atoms with Gasteiger partial charge in [-0.2, -0.15) is 0 Å². The van der Waals surface area contributed by atoms with E-state index < -0.39 is 11.5 Å². The molecule has 0 amide bonds. The minimum Gasteiger partial charge on any atom is -0.497 e. The molecule has 1 aliphatic heterocycles. The van der Waals surface area contributed by atoms with Gasteiger partial charge < -0.3 is 14.6 Å². The molecule has 5 heteroatoms. The van der Waals surface area contributed by atoms with Gasteiger partial charge in [0.2, 0.25) is 0 Å². The van der Waals surface area contributed by atoms with Gasteiger partial charge in [-0.1, -0.05) is 12.1 Å². The van der Waals surface area contributed by atoms with Crippen LogP contribution < -0.4 is 4.74 Å². The molecule has 1 aliphatic rings. The van der Waals surface area contributed by atoms with Gasteiger partial charge in [-0.3, -0.25) is 9.69 Å². The summed E-state index contributed by atoms with van der Waals surface area (Å²) in [6.07, 6.45) is 0.444. The lowest BCUT2D eigenvalue weighted by molar-refractivity contribution is -0.153. The molecular formula is C15H21NO4. The van der Waals surface area contributed by atoms with Crippen LogP contribution in [0.1, 0.15) is 12.5 Å². The van der Waals surface area contributed by atoms with E-state index in [1.807, 2.05) is 29.2 Å². The molecule has 0 saturated carbocycles. The lowest BCUT2D eigenvalue weighted by Gasteiger charge is -2.40. The van der Waals surface area contributed by atoms with E-state index in [-0.39, 0.29) is 0 Å². The van der Waals surface area contributed by atoms with Crippen LogP contribution in [0, 0.1) is 0 Å². The first-order valence-corrected chi connectivity index (χ1v) is 6.75. The molecule has 20 heavy (non-hydrogen) atoms. The van der Waals surface area contributed by atoms with E-state index in [2.05, 4.69) is 0 Å². The minimum absolute atomic E-state index is 0.444. The highest BCUT2D eigenvalue weighted by Crippen LogP contribution is 2.24. The number of carbonyl (C=O) groups is 1. The average Bonchev–Trinajstić information content (AvgIpc) is 2.48. The molecule has 2 rings (SSSR count). The molecule has 1 aromatic rings. The number of rotatable bonds is 5. The summed E-state index contributed by atoms with van der Waals surface area (Å²) >= 11 is 0. The number of benzene rings is 1. The monoisotopic (exact) mass is 279 g/mol. The molecule has 1 fully saturated rings. The summed E-state index contributed by atoms with van der Waals surface area (Å²) in [6, 6.07) is 7.57. The number of ether oxygens (including phenoxy) is 2. The van der Waals surface area contributed by atoms with Crippen LogP contribution in [0.3, 0.4) is 0 Å². The van der Waals surface area contributed by atoms with Crippen LogP contribution in [0.4, 0.5) is 0 Å². The molecule has 0 bridgehead atoms. The van der Waals surface area contributed by atoms with Gasteiger partial charge in [-0.05, 0) is 24.6 Å². The number of carboxylic acids is 1. The minimum atomic E-state index is -0.920. The van der Waals surface area contributed by atoms with Crippen molar-refractivity contribution in [3.05, 3.63) is 29.8 Å². The summed E-state index contributed by atoms with van der Waals surface area (Å²) in [5, 5.41) is 9.66. The third kappa shape index (κ3) is 3.11. The Morgan fingerprint density at radius 2 is 2.15 bits per heavy atom. The number of aliphatic carboxylic acids is 1. The highest BCUT2D eigenvalue weighted by molar-refractivity contribution is 5.78. The highest BCUT2D eigenvalue weighted by atomic mass is 16.5. The van der Waals surface area contributed by atoms with E-state index >= 15 is 0 Å². The second-order valence-electron chi connectivity index (χ2n) is 5.21. The Hall–Kier alpha value is -1.59. The topological polar surface area (TPSA) is 59.0 Å². The van der Waals surface area contributed by atoms with Gasteiger partial charge >= 0.3 is 5.97 Å². The number of carboxylic acid groups (broad SMARTS) is 1. The van der Waals surface area contributed by atoms with Crippen molar-refractivity contribution in [2.75, 3.05) is 33.4 Å². The number of morpholine rings is 1. The SMILES string of the molecule is COc1cccc(CC(C)(C(=O)O)N2CCOCC2)c1. The van der Waals surface area contributed by atoms with Crippen molar-refractivity contribution in [3.8, 4) is 5.75 Å². The summed E-state index contributed by atoms with van der Waals surface area (Å²) in [4.78, 5) is 13.8. The van der Waals surface area contributed by atoms with Crippen LogP contribution >= 0.6 is 0 Å². The number of methoxy groups -OCH3 is 1. The van der Waals surface area contributed by atoms with Gasteiger partial charge in [0.15, 0.2) is 0 Å². The molecule has 0 spiro atoms. The quantitative estimate of drug-likeness (QED) is 0.883. The maximum Gasteiger partial charge on any atom is 0.324 e. The summed E-state index contributed by atoms with van der Waals surface area (Å²) in [5.74, 6) is -0.0561. The number of hydrogen-bond donors (Lipinski definition) is 1. The second kappa shape index (κ2) is 6.24. The van der Waals surface area contributed by atoms with Gasteiger partial charge in [0, 0.05) is 19.5 Å². The summed E-state index contributed by atoms with van der Waals surface area (Å²) in [6.45, 7) is 4.24. The van der Waals surface area contributed by atoms with Crippen LogP contribution in [0.5, 0.6) is 5.75 Å². The highest BCUT2D eigenvalue weighted by Gasteiger charge is 2.40. The maximum absolute atomic E-state index is 11.8. The fraction of sp³-hybridized carbons (Fsp3) is 0.533. The van der Waals surface area contributed by atoms with Crippen molar-refractivity contribution in [1.82, 2.24) is 4.90 Å². The zero-order valence-corrected chi connectivity index (χ0v) is 12.0.